The van der Waals surface area contributed by atoms with Crippen LogP contribution < -0.4 is 0 Å². The molecule has 0 spiro atoms. The third-order valence-corrected chi connectivity index (χ3v) is 2.69. The number of rotatable bonds is 2. The molecule has 0 aromatic rings. The summed E-state index contributed by atoms with van der Waals surface area (Å²) in [7, 11) is 0. The van der Waals surface area contributed by atoms with E-state index in [-0.39, 0.29) is 0 Å². The molecule has 0 aromatic carbocycles. The first-order valence-corrected chi connectivity index (χ1v) is 4.40. The van der Waals surface area contributed by atoms with Crippen LogP contribution in [0.4, 0.5) is 0 Å². The maximum absolute atomic E-state index is 10.8. The van der Waals surface area contributed by atoms with E-state index >= 15 is 0 Å². The van der Waals surface area contributed by atoms with Crippen molar-refractivity contribution in [3.05, 3.63) is 0 Å². The van der Waals surface area contributed by atoms with Crippen molar-refractivity contribution < 1.29 is 9.53 Å². The average Bonchev–Trinajstić information content (AvgIpc) is 2.63. The lowest BCUT2D eigenvalue weighted by Gasteiger charge is -2.16. The fourth-order valence-corrected chi connectivity index (χ4v) is 2.08. The predicted molar refractivity (Wildman–Crippen MR) is 41.3 cm³/mol. The van der Waals surface area contributed by atoms with E-state index < -0.39 is 0 Å². The van der Waals surface area contributed by atoms with Crippen molar-refractivity contribution in [2.45, 2.75) is 44.8 Å². The molecule has 1 aliphatic heterocycles. The Labute approximate surface area is 66.9 Å². The topological polar surface area (TPSA) is 29.6 Å². The molecule has 0 radical (unpaired) electrons. The Bertz CT molecular complexity index is 176. The van der Waals surface area contributed by atoms with Gasteiger partial charge in [0.15, 0.2) is 0 Å². The summed E-state index contributed by atoms with van der Waals surface area (Å²) in [6, 6.07) is 0. The molecule has 3 unspecified atom stereocenters. The molecular weight excluding hydrogens is 140 g/mol. The van der Waals surface area contributed by atoms with Crippen LogP contribution >= 0.6 is 0 Å². The van der Waals surface area contributed by atoms with Gasteiger partial charge < -0.3 is 9.53 Å². The molecule has 0 bridgehead atoms. The fraction of sp³-hybridized carbons (Fsp3) is 0.889. The molecule has 2 nitrogen and oxygen atoms in total. The summed E-state index contributed by atoms with van der Waals surface area (Å²) >= 11 is 0. The Hall–Kier alpha value is -0.370. The van der Waals surface area contributed by atoms with Crippen LogP contribution in [0.5, 0.6) is 0 Å². The quantitative estimate of drug-likeness (QED) is 0.564. The monoisotopic (exact) mass is 154 g/mol. The van der Waals surface area contributed by atoms with Crippen LogP contribution in [0.2, 0.25) is 0 Å². The predicted octanol–water partition coefficient (Wildman–Crippen LogP) is 1.53. The zero-order chi connectivity index (χ0) is 7.84. The summed E-state index contributed by atoms with van der Waals surface area (Å²) in [4.78, 5) is 10.8. The molecule has 1 saturated heterocycles. The largest absolute Gasteiger partial charge is 0.370 e. The van der Waals surface area contributed by atoms with Crippen LogP contribution in [0.15, 0.2) is 0 Å². The first-order chi connectivity index (χ1) is 5.25. The molecule has 2 rings (SSSR count). The van der Waals surface area contributed by atoms with Gasteiger partial charge in [0.05, 0.1) is 12.2 Å². The number of ether oxygens (including phenoxy) is 1. The summed E-state index contributed by atoms with van der Waals surface area (Å²) in [5.74, 6) is 0.949. The molecular formula is C9H14O2. The summed E-state index contributed by atoms with van der Waals surface area (Å²) in [6.45, 7) is 1.68. The van der Waals surface area contributed by atoms with Gasteiger partial charge in [-0.25, -0.2) is 0 Å². The van der Waals surface area contributed by atoms with Crippen LogP contribution in [0.3, 0.4) is 0 Å². The zero-order valence-electron chi connectivity index (χ0n) is 6.88. The van der Waals surface area contributed by atoms with E-state index in [1.807, 2.05) is 0 Å². The van der Waals surface area contributed by atoms with Gasteiger partial charge in [-0.1, -0.05) is 0 Å². The second kappa shape index (κ2) is 2.59. The number of carbonyl (C=O) groups is 1. The van der Waals surface area contributed by atoms with Crippen LogP contribution in [-0.4, -0.2) is 18.0 Å². The van der Waals surface area contributed by atoms with Gasteiger partial charge in [-0.15, -0.1) is 0 Å². The lowest BCUT2D eigenvalue weighted by Crippen LogP contribution is -2.15. The van der Waals surface area contributed by atoms with Crippen molar-refractivity contribution in [1.82, 2.24) is 0 Å². The Balaban J connectivity index is 1.81. The van der Waals surface area contributed by atoms with Gasteiger partial charge in [-0.05, 0) is 32.1 Å². The third-order valence-electron chi connectivity index (χ3n) is 2.69. The first-order valence-electron chi connectivity index (χ1n) is 4.40. The van der Waals surface area contributed by atoms with Gasteiger partial charge in [-0.3, -0.25) is 0 Å². The van der Waals surface area contributed by atoms with Crippen molar-refractivity contribution >= 4 is 5.78 Å². The minimum absolute atomic E-state index is 0.328. The number of hydrogen-bond donors (Lipinski definition) is 0. The normalized spacial score (nSPS) is 41.4. The molecule has 62 valence electrons. The number of carbonyl (C=O) groups excluding carboxylic acids is 1. The number of epoxide rings is 1. The average molecular weight is 154 g/mol. The van der Waals surface area contributed by atoms with Crippen molar-refractivity contribution in [3.8, 4) is 0 Å². The molecule has 2 fully saturated rings. The minimum Gasteiger partial charge on any atom is -0.370 e. The highest BCUT2D eigenvalue weighted by Crippen LogP contribution is 2.40. The molecule has 1 saturated carbocycles. The molecule has 1 aliphatic carbocycles. The van der Waals surface area contributed by atoms with E-state index in [0.29, 0.717) is 23.9 Å². The summed E-state index contributed by atoms with van der Waals surface area (Å²) < 4.78 is 5.38. The van der Waals surface area contributed by atoms with Crippen LogP contribution in [-0.2, 0) is 9.53 Å². The third kappa shape index (κ3) is 1.62. The molecule has 3 atom stereocenters. The van der Waals surface area contributed by atoms with Gasteiger partial charge in [0.25, 0.3) is 0 Å². The van der Waals surface area contributed by atoms with Crippen molar-refractivity contribution in [2.24, 2.45) is 5.92 Å². The Morgan fingerprint density at radius 1 is 1.45 bits per heavy atom. The van der Waals surface area contributed by atoms with Crippen molar-refractivity contribution in [1.29, 1.82) is 0 Å². The molecule has 0 aromatic heterocycles. The van der Waals surface area contributed by atoms with Gasteiger partial charge >= 0.3 is 0 Å². The summed E-state index contributed by atoms with van der Waals surface area (Å²) in [5.41, 5.74) is 0. The van der Waals surface area contributed by atoms with Gasteiger partial charge in [-0.2, -0.15) is 0 Å². The highest BCUT2D eigenvalue weighted by molar-refractivity contribution is 5.75. The molecule has 0 amide bonds. The van der Waals surface area contributed by atoms with E-state index in [4.69, 9.17) is 4.74 Å². The highest BCUT2D eigenvalue weighted by atomic mass is 16.6. The second-order valence-electron chi connectivity index (χ2n) is 3.80. The maximum Gasteiger partial charge on any atom is 0.130 e. The smallest absolute Gasteiger partial charge is 0.130 e. The number of fused-ring (bicyclic) bond motifs is 1. The summed E-state index contributed by atoms with van der Waals surface area (Å²) in [5, 5.41) is 0. The van der Waals surface area contributed by atoms with E-state index in [2.05, 4.69) is 0 Å². The second-order valence-corrected chi connectivity index (χ2v) is 3.80. The van der Waals surface area contributed by atoms with E-state index in [0.717, 1.165) is 12.8 Å². The lowest BCUT2D eigenvalue weighted by atomic mass is 9.86. The Morgan fingerprint density at radius 3 is 2.91 bits per heavy atom. The molecule has 11 heavy (non-hydrogen) atoms. The van der Waals surface area contributed by atoms with Crippen LogP contribution in [0.25, 0.3) is 0 Å². The van der Waals surface area contributed by atoms with Gasteiger partial charge in [0.1, 0.15) is 5.78 Å². The van der Waals surface area contributed by atoms with E-state index in [1.54, 1.807) is 6.92 Å². The van der Waals surface area contributed by atoms with Crippen molar-refractivity contribution in [3.63, 3.8) is 0 Å². The highest BCUT2D eigenvalue weighted by Gasteiger charge is 2.43. The van der Waals surface area contributed by atoms with E-state index in [1.165, 1.54) is 12.8 Å². The molecule has 1 heterocycles. The lowest BCUT2D eigenvalue weighted by molar-refractivity contribution is -0.118. The maximum atomic E-state index is 10.8. The molecule has 2 aliphatic rings. The van der Waals surface area contributed by atoms with Crippen LogP contribution in [0.1, 0.15) is 32.6 Å². The van der Waals surface area contributed by atoms with E-state index in [9.17, 15) is 4.79 Å². The van der Waals surface area contributed by atoms with Crippen molar-refractivity contribution in [2.75, 3.05) is 0 Å². The molecule has 0 N–H and O–H groups in total. The molecule has 2 heteroatoms. The van der Waals surface area contributed by atoms with Gasteiger partial charge in [0.2, 0.25) is 0 Å². The SMILES string of the molecule is CC(=O)CC1CCC2OC2C1. The first kappa shape index (κ1) is 7.29. The minimum atomic E-state index is 0.328. The zero-order valence-corrected chi connectivity index (χ0v) is 6.88. The fourth-order valence-electron chi connectivity index (χ4n) is 2.08. The number of ketones is 1. The standard InChI is InChI=1S/C9H14O2/c1-6(10)4-7-2-3-8-9(5-7)11-8/h7-9H,2-5H2,1H3. The number of Topliss-reactive ketones (excluding diaryl/α,β-unsaturated/α-hetero) is 1. The van der Waals surface area contributed by atoms with Crippen LogP contribution in [0, 0.1) is 5.92 Å². The van der Waals surface area contributed by atoms with Gasteiger partial charge in [0, 0.05) is 6.42 Å². The summed E-state index contributed by atoms with van der Waals surface area (Å²) in [6.07, 6.45) is 5.37. The number of hydrogen-bond acceptors (Lipinski definition) is 2. The Morgan fingerprint density at radius 2 is 2.27 bits per heavy atom. The Kier molecular flexibility index (Phi) is 1.72.